The molecular weight excluding hydrogens is 588 g/mol. The second-order valence-corrected chi connectivity index (χ2v) is 14.6. The minimum Gasteiger partial charge on any atom is -0.494 e. The van der Waals surface area contributed by atoms with Crippen molar-refractivity contribution in [3.8, 4) is 5.75 Å². The first-order valence-electron chi connectivity index (χ1n) is 16.8. The number of esters is 1. The lowest BCUT2D eigenvalue weighted by Gasteiger charge is -2.26. The molecule has 2 aliphatic rings. The van der Waals surface area contributed by atoms with E-state index in [9.17, 15) is 19.2 Å². The van der Waals surface area contributed by atoms with Crippen molar-refractivity contribution in [3.05, 3.63) is 29.8 Å². The van der Waals surface area contributed by atoms with E-state index in [1.54, 1.807) is 41.5 Å². The van der Waals surface area contributed by atoms with Gasteiger partial charge in [-0.25, -0.2) is 4.79 Å². The van der Waals surface area contributed by atoms with Crippen LogP contribution >= 0.6 is 0 Å². The Morgan fingerprint density at radius 3 is 2.24 bits per heavy atom. The molecule has 10 nitrogen and oxygen atoms in total. The van der Waals surface area contributed by atoms with Crippen molar-refractivity contribution in [2.24, 2.45) is 17.8 Å². The first kappa shape index (κ1) is 39.0. The first-order valence-corrected chi connectivity index (χ1v) is 16.8. The van der Waals surface area contributed by atoms with Crippen molar-refractivity contribution >= 4 is 23.8 Å². The van der Waals surface area contributed by atoms with E-state index in [0.717, 1.165) is 24.2 Å². The summed E-state index contributed by atoms with van der Waals surface area (Å²) in [6, 6.07) is 7.46. The highest BCUT2D eigenvalue weighted by Gasteiger charge is 2.31. The SMILES string of the molecule is CC(C)[C@H]1COCCCCOc2ccc(cc2)C[C@@H](CC(=O)C[C@@H](CCCCNC(=O)OC(C)(C)C)C(=O)OC(C)(C)C)C(=O)N1. The highest BCUT2D eigenvalue weighted by molar-refractivity contribution is 5.89. The fourth-order valence-electron chi connectivity index (χ4n) is 5.01. The average Bonchev–Trinajstić information content (AvgIpc) is 2.93. The van der Waals surface area contributed by atoms with E-state index < -0.39 is 35.1 Å². The number of ether oxygens (including phenoxy) is 4. The smallest absolute Gasteiger partial charge is 0.407 e. The summed E-state index contributed by atoms with van der Waals surface area (Å²) in [6.45, 7) is 16.8. The van der Waals surface area contributed by atoms with Crippen LogP contribution in [0.5, 0.6) is 5.75 Å². The predicted octanol–water partition coefficient (Wildman–Crippen LogP) is 6.18. The lowest BCUT2D eigenvalue weighted by Crippen LogP contribution is -2.45. The molecule has 260 valence electrons. The van der Waals surface area contributed by atoms with Crippen molar-refractivity contribution in [1.29, 1.82) is 0 Å². The number of amides is 2. The Kier molecular flexibility index (Phi) is 16.0. The molecule has 2 heterocycles. The van der Waals surface area contributed by atoms with Crippen molar-refractivity contribution < 1.29 is 38.1 Å². The summed E-state index contributed by atoms with van der Waals surface area (Å²) in [5, 5.41) is 5.87. The quantitative estimate of drug-likeness (QED) is 0.216. The standard InChI is InChI=1S/C36H58N2O8/c1-25(2)31-24-43-19-11-12-20-44-30-16-14-26(15-17-30)21-28(32(40)38-31)23-29(39)22-27(33(41)45-35(3,4)5)13-9-10-18-37-34(42)46-36(6,7)8/h14-17,25,27-28,31H,9-13,18-24H2,1-8H3,(H,37,42)(H,38,40)/t27-,28+,31-/m1/s1. The van der Waals surface area contributed by atoms with Gasteiger partial charge in [0.25, 0.3) is 0 Å². The number of ketones is 1. The Morgan fingerprint density at radius 2 is 1.61 bits per heavy atom. The molecule has 0 spiro atoms. The van der Waals surface area contributed by atoms with E-state index >= 15 is 0 Å². The molecule has 0 radical (unpaired) electrons. The van der Waals surface area contributed by atoms with Crippen LogP contribution in [0.15, 0.2) is 24.3 Å². The Bertz CT molecular complexity index is 1100. The average molecular weight is 647 g/mol. The number of benzene rings is 1. The van der Waals surface area contributed by atoms with Crippen LogP contribution in [-0.2, 0) is 35.0 Å². The Morgan fingerprint density at radius 1 is 0.957 bits per heavy atom. The lowest BCUT2D eigenvalue weighted by atomic mass is 9.88. The number of Topliss-reactive ketones (excluding diaryl/α,β-unsaturated/α-hetero) is 1. The monoisotopic (exact) mass is 646 g/mol. The predicted molar refractivity (Wildman–Crippen MR) is 178 cm³/mol. The number of unbranched alkanes of at least 4 members (excludes halogenated alkanes) is 1. The third kappa shape index (κ3) is 16.4. The fourth-order valence-corrected chi connectivity index (χ4v) is 5.01. The fraction of sp³-hybridized carbons (Fsp3) is 0.722. The van der Waals surface area contributed by atoms with Crippen molar-refractivity contribution in [3.63, 3.8) is 0 Å². The van der Waals surface area contributed by atoms with Crippen LogP contribution < -0.4 is 15.4 Å². The molecule has 0 fully saturated rings. The zero-order valence-corrected chi connectivity index (χ0v) is 29.4. The summed E-state index contributed by atoms with van der Waals surface area (Å²) in [6.07, 6.45) is 3.20. The van der Waals surface area contributed by atoms with Gasteiger partial charge in [0.2, 0.25) is 5.91 Å². The number of alkyl carbamates (subject to hydrolysis) is 1. The van der Waals surface area contributed by atoms with Gasteiger partial charge in [-0.1, -0.05) is 32.4 Å². The van der Waals surface area contributed by atoms with E-state index in [-0.39, 0.29) is 36.5 Å². The second kappa shape index (κ2) is 18.9. The maximum atomic E-state index is 13.7. The summed E-state index contributed by atoms with van der Waals surface area (Å²) in [7, 11) is 0. The third-order valence-electron chi connectivity index (χ3n) is 7.49. The summed E-state index contributed by atoms with van der Waals surface area (Å²) in [5.74, 6) is -1.18. The number of carbonyl (C=O) groups is 4. The maximum absolute atomic E-state index is 13.7. The van der Waals surface area contributed by atoms with Gasteiger partial charge in [0, 0.05) is 31.9 Å². The Labute approximate surface area is 276 Å². The molecule has 2 N–H and O–H groups in total. The third-order valence-corrected chi connectivity index (χ3v) is 7.49. The van der Waals surface area contributed by atoms with Crippen LogP contribution in [0.1, 0.15) is 106 Å². The van der Waals surface area contributed by atoms with Crippen LogP contribution in [0.3, 0.4) is 0 Å². The van der Waals surface area contributed by atoms with E-state index in [1.165, 1.54) is 0 Å². The van der Waals surface area contributed by atoms with Gasteiger partial charge in [0.05, 0.1) is 25.2 Å². The summed E-state index contributed by atoms with van der Waals surface area (Å²) >= 11 is 0. The molecule has 2 amide bonds. The van der Waals surface area contributed by atoms with Crippen LogP contribution in [-0.4, -0.2) is 67.4 Å². The highest BCUT2D eigenvalue weighted by atomic mass is 16.6. The molecule has 0 unspecified atom stereocenters. The summed E-state index contributed by atoms with van der Waals surface area (Å²) < 4.78 is 22.7. The molecule has 3 rings (SSSR count). The molecule has 0 aliphatic carbocycles. The van der Waals surface area contributed by atoms with Gasteiger partial charge in [-0.05, 0) is 97.3 Å². The van der Waals surface area contributed by atoms with E-state index in [2.05, 4.69) is 10.6 Å². The number of nitrogens with one attached hydrogen (secondary N) is 2. The Hall–Kier alpha value is -3.14. The minimum atomic E-state index is -0.705. The van der Waals surface area contributed by atoms with Crippen molar-refractivity contribution in [2.75, 3.05) is 26.4 Å². The Balaban J connectivity index is 2.14. The van der Waals surface area contributed by atoms with Gasteiger partial charge < -0.3 is 29.6 Å². The van der Waals surface area contributed by atoms with Gasteiger partial charge in [-0.2, -0.15) is 0 Å². The number of fused-ring (bicyclic) bond motifs is 13. The molecule has 3 atom stereocenters. The largest absolute Gasteiger partial charge is 0.494 e. The molecule has 2 aliphatic heterocycles. The zero-order valence-electron chi connectivity index (χ0n) is 29.4. The highest BCUT2D eigenvalue weighted by Crippen LogP contribution is 2.24. The van der Waals surface area contributed by atoms with Gasteiger partial charge >= 0.3 is 12.1 Å². The second-order valence-electron chi connectivity index (χ2n) is 14.6. The molecular formula is C36H58N2O8. The summed E-state index contributed by atoms with van der Waals surface area (Å²) in [4.78, 5) is 52.4. The molecule has 1 aromatic carbocycles. The first-order chi connectivity index (χ1) is 21.5. The molecule has 46 heavy (non-hydrogen) atoms. The van der Waals surface area contributed by atoms with E-state index in [4.69, 9.17) is 18.9 Å². The number of carbonyl (C=O) groups excluding carboxylic acids is 4. The van der Waals surface area contributed by atoms with E-state index in [1.807, 2.05) is 38.1 Å². The molecule has 10 heteroatoms. The minimum absolute atomic E-state index is 0.00471. The molecule has 2 bridgehead atoms. The molecule has 0 saturated carbocycles. The topological polar surface area (TPSA) is 129 Å². The van der Waals surface area contributed by atoms with Gasteiger partial charge in [-0.15, -0.1) is 0 Å². The summed E-state index contributed by atoms with van der Waals surface area (Å²) in [5.41, 5.74) is -0.371. The van der Waals surface area contributed by atoms with Crippen LogP contribution in [0.2, 0.25) is 0 Å². The van der Waals surface area contributed by atoms with E-state index in [0.29, 0.717) is 52.0 Å². The molecule has 0 saturated heterocycles. The molecule has 1 aromatic rings. The number of hydrogen-bond donors (Lipinski definition) is 2. The lowest BCUT2D eigenvalue weighted by molar-refractivity contribution is -0.161. The van der Waals surface area contributed by atoms with Crippen molar-refractivity contribution in [2.45, 2.75) is 124 Å². The van der Waals surface area contributed by atoms with Gasteiger partial charge in [0.1, 0.15) is 22.7 Å². The van der Waals surface area contributed by atoms with Crippen molar-refractivity contribution in [1.82, 2.24) is 10.6 Å². The normalized spacial score (nSPS) is 19.1. The number of rotatable bonds is 11. The maximum Gasteiger partial charge on any atom is 0.407 e. The van der Waals surface area contributed by atoms with Crippen LogP contribution in [0, 0.1) is 17.8 Å². The zero-order chi connectivity index (χ0) is 34.3. The van der Waals surface area contributed by atoms with Crippen LogP contribution in [0.4, 0.5) is 4.79 Å². The van der Waals surface area contributed by atoms with Gasteiger partial charge in [0.15, 0.2) is 0 Å². The van der Waals surface area contributed by atoms with Crippen LogP contribution in [0.25, 0.3) is 0 Å². The van der Waals surface area contributed by atoms with Gasteiger partial charge in [-0.3, -0.25) is 14.4 Å². The number of hydrogen-bond acceptors (Lipinski definition) is 8. The molecule has 0 aromatic heterocycles.